The van der Waals surface area contributed by atoms with Gasteiger partial charge in [0.1, 0.15) is 0 Å². The van der Waals surface area contributed by atoms with Crippen LogP contribution in [-0.2, 0) is 4.74 Å². The Bertz CT molecular complexity index is 1040. The lowest BCUT2D eigenvalue weighted by molar-refractivity contribution is 0.0525. The summed E-state index contributed by atoms with van der Waals surface area (Å²) in [5.41, 5.74) is 3.96. The molecule has 2 aromatic heterocycles. The summed E-state index contributed by atoms with van der Waals surface area (Å²) >= 11 is 1.18. The summed E-state index contributed by atoms with van der Waals surface area (Å²) in [5, 5.41) is 7.94. The monoisotopic (exact) mass is 413 g/mol. The number of ether oxygens (including phenoxy) is 1. The molecule has 1 atom stereocenters. The zero-order valence-corrected chi connectivity index (χ0v) is 17.8. The SMILES string of the molecule is CCOC(=O)c1c(C)[nH]c(C(=O)[C@H](C)Sc2nnc(-c3ccc(C)cc3)o2)c1C. The van der Waals surface area contributed by atoms with Crippen molar-refractivity contribution in [1.29, 1.82) is 0 Å². The molecule has 29 heavy (non-hydrogen) atoms. The average molecular weight is 413 g/mol. The van der Waals surface area contributed by atoms with Gasteiger partial charge in [-0.25, -0.2) is 4.79 Å². The highest BCUT2D eigenvalue weighted by atomic mass is 32.2. The number of carbonyl (C=O) groups excluding carboxylic acids is 2. The highest BCUT2D eigenvalue weighted by molar-refractivity contribution is 8.00. The number of hydrogen-bond acceptors (Lipinski definition) is 7. The molecule has 152 valence electrons. The number of H-pyrrole nitrogens is 1. The molecular formula is C21H23N3O4S. The second-order valence-electron chi connectivity index (χ2n) is 6.71. The number of Topliss-reactive ketones (excluding diaryl/α,β-unsaturated/α-hetero) is 1. The quantitative estimate of drug-likeness (QED) is 0.345. The fourth-order valence-electron chi connectivity index (χ4n) is 2.98. The molecule has 0 saturated heterocycles. The van der Waals surface area contributed by atoms with Gasteiger partial charge in [-0.3, -0.25) is 4.79 Å². The minimum absolute atomic E-state index is 0.152. The Kier molecular flexibility index (Phi) is 6.22. The number of benzene rings is 1. The molecule has 3 rings (SSSR count). The van der Waals surface area contributed by atoms with Gasteiger partial charge in [0.25, 0.3) is 5.22 Å². The first-order chi connectivity index (χ1) is 13.8. The lowest BCUT2D eigenvalue weighted by atomic mass is 10.1. The van der Waals surface area contributed by atoms with Gasteiger partial charge in [-0.1, -0.05) is 29.5 Å². The van der Waals surface area contributed by atoms with Gasteiger partial charge < -0.3 is 14.1 Å². The van der Waals surface area contributed by atoms with Gasteiger partial charge in [0.15, 0.2) is 5.78 Å². The summed E-state index contributed by atoms with van der Waals surface area (Å²) in [6, 6.07) is 7.76. The molecule has 0 saturated carbocycles. The van der Waals surface area contributed by atoms with Crippen molar-refractivity contribution in [3.05, 3.63) is 52.3 Å². The number of aromatic nitrogens is 3. The normalized spacial score (nSPS) is 12.0. The molecule has 0 unspecified atom stereocenters. The van der Waals surface area contributed by atoms with Gasteiger partial charge in [-0.15, -0.1) is 10.2 Å². The third kappa shape index (κ3) is 4.42. The van der Waals surface area contributed by atoms with Crippen LogP contribution in [0.15, 0.2) is 33.9 Å². The first kappa shape index (κ1) is 20.9. The smallest absolute Gasteiger partial charge is 0.340 e. The highest BCUT2D eigenvalue weighted by Crippen LogP contribution is 2.29. The van der Waals surface area contributed by atoms with Crippen molar-refractivity contribution in [2.24, 2.45) is 0 Å². The van der Waals surface area contributed by atoms with Gasteiger partial charge >= 0.3 is 5.97 Å². The van der Waals surface area contributed by atoms with E-state index in [1.807, 2.05) is 31.2 Å². The van der Waals surface area contributed by atoms with E-state index in [-0.39, 0.29) is 12.4 Å². The van der Waals surface area contributed by atoms with E-state index in [2.05, 4.69) is 15.2 Å². The van der Waals surface area contributed by atoms with Gasteiger partial charge in [0.05, 0.1) is 23.1 Å². The molecule has 0 aliphatic heterocycles. The number of hydrogen-bond donors (Lipinski definition) is 1. The van der Waals surface area contributed by atoms with Crippen LogP contribution in [0.1, 0.15) is 51.5 Å². The van der Waals surface area contributed by atoms with E-state index < -0.39 is 11.2 Å². The molecule has 0 amide bonds. The summed E-state index contributed by atoms with van der Waals surface area (Å²) < 4.78 is 10.8. The van der Waals surface area contributed by atoms with Crippen LogP contribution < -0.4 is 0 Å². The third-order valence-electron chi connectivity index (χ3n) is 4.52. The molecule has 0 spiro atoms. The fraction of sp³-hybridized carbons (Fsp3) is 0.333. The van der Waals surface area contributed by atoms with Gasteiger partial charge in [0.2, 0.25) is 5.89 Å². The summed E-state index contributed by atoms with van der Waals surface area (Å²) in [4.78, 5) is 28.1. The number of esters is 1. The highest BCUT2D eigenvalue weighted by Gasteiger charge is 2.27. The number of nitrogens with one attached hydrogen (secondary N) is 1. The summed E-state index contributed by atoms with van der Waals surface area (Å²) in [6.07, 6.45) is 0. The largest absolute Gasteiger partial charge is 0.462 e. The topological polar surface area (TPSA) is 98.1 Å². The Hall–Kier alpha value is -2.87. The minimum atomic E-state index is -0.479. The first-order valence-electron chi connectivity index (χ1n) is 9.29. The molecule has 0 fully saturated rings. The Morgan fingerprint density at radius 1 is 1.17 bits per heavy atom. The molecule has 0 bridgehead atoms. The van der Waals surface area contributed by atoms with Crippen LogP contribution in [0.5, 0.6) is 0 Å². The Balaban J connectivity index is 1.75. The average Bonchev–Trinajstić information content (AvgIpc) is 3.26. The molecule has 7 nitrogen and oxygen atoms in total. The lowest BCUT2D eigenvalue weighted by Gasteiger charge is -2.07. The number of nitrogens with zero attached hydrogens (tertiary/aromatic N) is 2. The second-order valence-corrected chi connectivity index (χ2v) is 8.00. The number of ketones is 1. The summed E-state index contributed by atoms with van der Waals surface area (Å²) in [6.45, 7) is 9.28. The predicted octanol–water partition coefficient (Wildman–Crippen LogP) is 4.53. The number of aryl methyl sites for hydroxylation is 2. The number of rotatable bonds is 7. The minimum Gasteiger partial charge on any atom is -0.462 e. The zero-order chi connectivity index (χ0) is 21.1. The maximum atomic E-state index is 12.9. The molecule has 1 N–H and O–H groups in total. The van der Waals surface area contributed by atoms with Crippen molar-refractivity contribution >= 4 is 23.5 Å². The van der Waals surface area contributed by atoms with Crippen molar-refractivity contribution in [3.63, 3.8) is 0 Å². The van der Waals surface area contributed by atoms with Crippen molar-refractivity contribution in [2.45, 2.75) is 45.1 Å². The summed E-state index contributed by atoms with van der Waals surface area (Å²) in [7, 11) is 0. The van der Waals surface area contributed by atoms with Crippen LogP contribution >= 0.6 is 11.8 Å². The fourth-order valence-corrected chi connectivity index (χ4v) is 3.73. The molecule has 0 aliphatic carbocycles. The van der Waals surface area contributed by atoms with Crippen molar-refractivity contribution in [1.82, 2.24) is 15.2 Å². The zero-order valence-electron chi connectivity index (χ0n) is 17.0. The van der Waals surface area contributed by atoms with E-state index in [9.17, 15) is 9.59 Å². The van der Waals surface area contributed by atoms with E-state index in [1.165, 1.54) is 11.8 Å². The Morgan fingerprint density at radius 3 is 2.52 bits per heavy atom. The number of thioether (sulfide) groups is 1. The van der Waals surface area contributed by atoms with E-state index in [1.54, 1.807) is 27.7 Å². The maximum absolute atomic E-state index is 12.9. The standard InChI is InChI=1S/C21H23N3O4S/c1-6-27-20(26)16-12(3)17(22-13(16)4)18(25)14(5)29-21-24-23-19(28-21)15-9-7-11(2)8-10-15/h7-10,14,22H,6H2,1-5H3/t14-/m0/s1. The Labute approximate surface area is 173 Å². The molecule has 0 aliphatic rings. The third-order valence-corrected chi connectivity index (χ3v) is 5.45. The van der Waals surface area contributed by atoms with Crippen LogP contribution in [0.2, 0.25) is 0 Å². The van der Waals surface area contributed by atoms with Crippen LogP contribution in [0.25, 0.3) is 11.5 Å². The van der Waals surface area contributed by atoms with Crippen LogP contribution in [-0.4, -0.2) is 38.8 Å². The number of carbonyl (C=O) groups is 2. The van der Waals surface area contributed by atoms with Crippen LogP contribution in [0, 0.1) is 20.8 Å². The van der Waals surface area contributed by atoms with E-state index in [4.69, 9.17) is 9.15 Å². The van der Waals surface area contributed by atoms with E-state index >= 15 is 0 Å². The molecular weight excluding hydrogens is 390 g/mol. The van der Waals surface area contributed by atoms with Gasteiger partial charge in [-0.2, -0.15) is 0 Å². The Morgan fingerprint density at radius 2 is 1.86 bits per heavy atom. The van der Waals surface area contributed by atoms with Crippen molar-refractivity contribution in [3.8, 4) is 11.5 Å². The molecule has 0 radical (unpaired) electrons. The molecule has 1 aromatic carbocycles. The summed E-state index contributed by atoms with van der Waals surface area (Å²) in [5.74, 6) is -0.178. The molecule has 8 heteroatoms. The predicted molar refractivity (Wildman–Crippen MR) is 110 cm³/mol. The van der Waals surface area contributed by atoms with E-state index in [0.29, 0.717) is 33.6 Å². The van der Waals surface area contributed by atoms with Gasteiger partial charge in [0, 0.05) is 11.3 Å². The maximum Gasteiger partial charge on any atom is 0.340 e. The lowest BCUT2D eigenvalue weighted by Crippen LogP contribution is -2.15. The first-order valence-corrected chi connectivity index (χ1v) is 10.2. The number of aromatic amines is 1. The van der Waals surface area contributed by atoms with Crippen molar-refractivity contribution < 1.29 is 18.7 Å². The van der Waals surface area contributed by atoms with Crippen LogP contribution in [0.4, 0.5) is 0 Å². The van der Waals surface area contributed by atoms with Gasteiger partial charge in [-0.05, 0) is 52.3 Å². The van der Waals surface area contributed by atoms with E-state index in [0.717, 1.165) is 11.1 Å². The van der Waals surface area contributed by atoms with Crippen molar-refractivity contribution in [2.75, 3.05) is 6.61 Å². The second kappa shape index (κ2) is 8.65. The van der Waals surface area contributed by atoms with Crippen LogP contribution in [0.3, 0.4) is 0 Å². The molecule has 3 aromatic rings. The molecule has 2 heterocycles.